The zero-order valence-electron chi connectivity index (χ0n) is 11.3. The first kappa shape index (κ1) is 12.9. The Morgan fingerprint density at radius 2 is 2.05 bits per heavy atom. The molecule has 0 radical (unpaired) electrons. The molecule has 0 unspecified atom stereocenters. The van der Waals surface area contributed by atoms with Gasteiger partial charge in [0.1, 0.15) is 6.07 Å². The highest BCUT2D eigenvalue weighted by Crippen LogP contribution is 2.31. The smallest absolute Gasteiger partial charge is 0.162 e. The van der Waals surface area contributed by atoms with Crippen LogP contribution in [0.3, 0.4) is 0 Å². The van der Waals surface area contributed by atoms with E-state index in [1.165, 1.54) is 5.56 Å². The average molecular weight is 267 g/mol. The van der Waals surface area contributed by atoms with E-state index in [4.69, 9.17) is 10.00 Å². The summed E-state index contributed by atoms with van der Waals surface area (Å²) in [5.41, 5.74) is 1.71. The third-order valence-electron chi connectivity index (χ3n) is 3.72. The zero-order chi connectivity index (χ0) is 13.8. The van der Waals surface area contributed by atoms with Crippen LogP contribution in [0, 0.1) is 17.2 Å². The third kappa shape index (κ3) is 3.06. The lowest BCUT2D eigenvalue weighted by Gasteiger charge is -2.35. The Morgan fingerprint density at radius 1 is 1.25 bits per heavy atom. The van der Waals surface area contributed by atoms with Crippen LogP contribution in [0.5, 0.6) is 0 Å². The summed E-state index contributed by atoms with van der Waals surface area (Å²) < 4.78 is 7.73. The molecule has 1 heterocycles. The van der Waals surface area contributed by atoms with Crippen molar-refractivity contribution < 1.29 is 4.74 Å². The fraction of sp³-hybridized carbons (Fsp3) is 0.375. The van der Waals surface area contributed by atoms with Gasteiger partial charge in [-0.2, -0.15) is 10.4 Å². The molecule has 0 aliphatic heterocycles. The van der Waals surface area contributed by atoms with Gasteiger partial charge in [0.2, 0.25) is 0 Å². The minimum Gasteiger partial charge on any atom is -0.374 e. The molecular formula is C16H17N3O. The molecule has 4 heteroatoms. The SMILES string of the molecule is N#Cc1ccn(CC2CC(OCc3ccccc3)C2)n1. The van der Waals surface area contributed by atoms with Crippen molar-refractivity contribution in [3.05, 3.63) is 53.9 Å². The molecule has 0 amide bonds. The van der Waals surface area contributed by atoms with Crippen molar-refractivity contribution in [3.63, 3.8) is 0 Å². The third-order valence-corrected chi connectivity index (χ3v) is 3.72. The minimum absolute atomic E-state index is 0.367. The van der Waals surface area contributed by atoms with Gasteiger partial charge in [0, 0.05) is 12.7 Å². The Kier molecular flexibility index (Phi) is 3.80. The lowest BCUT2D eigenvalue weighted by molar-refractivity contribution is -0.0449. The van der Waals surface area contributed by atoms with Crippen LogP contribution in [-0.4, -0.2) is 15.9 Å². The summed E-state index contributed by atoms with van der Waals surface area (Å²) in [6, 6.07) is 14.1. The van der Waals surface area contributed by atoms with Crippen molar-refractivity contribution in [3.8, 4) is 6.07 Å². The molecule has 1 saturated carbocycles. The second kappa shape index (κ2) is 5.89. The number of ether oxygens (including phenoxy) is 1. The van der Waals surface area contributed by atoms with E-state index in [2.05, 4.69) is 17.2 Å². The highest BCUT2D eigenvalue weighted by molar-refractivity contribution is 5.16. The van der Waals surface area contributed by atoms with Crippen LogP contribution < -0.4 is 0 Å². The zero-order valence-corrected chi connectivity index (χ0v) is 11.3. The van der Waals surface area contributed by atoms with Crippen LogP contribution in [0.15, 0.2) is 42.6 Å². The number of benzene rings is 1. The van der Waals surface area contributed by atoms with Gasteiger partial charge in [0.15, 0.2) is 5.69 Å². The normalized spacial score (nSPS) is 21.1. The summed E-state index contributed by atoms with van der Waals surface area (Å²) >= 11 is 0. The number of rotatable bonds is 5. The molecule has 1 aliphatic rings. The van der Waals surface area contributed by atoms with Crippen molar-refractivity contribution in [2.24, 2.45) is 5.92 Å². The van der Waals surface area contributed by atoms with Gasteiger partial charge in [0.25, 0.3) is 0 Å². The van der Waals surface area contributed by atoms with Gasteiger partial charge >= 0.3 is 0 Å². The van der Waals surface area contributed by atoms with Gasteiger partial charge in [-0.1, -0.05) is 30.3 Å². The largest absolute Gasteiger partial charge is 0.374 e. The van der Waals surface area contributed by atoms with Crippen molar-refractivity contribution >= 4 is 0 Å². The molecule has 0 bridgehead atoms. The topological polar surface area (TPSA) is 50.8 Å². The molecule has 4 nitrogen and oxygen atoms in total. The fourth-order valence-corrected chi connectivity index (χ4v) is 2.54. The van der Waals surface area contributed by atoms with E-state index in [0.29, 0.717) is 24.3 Å². The summed E-state index contributed by atoms with van der Waals surface area (Å²) in [5, 5.41) is 12.9. The molecule has 0 saturated heterocycles. The highest BCUT2D eigenvalue weighted by Gasteiger charge is 2.30. The predicted octanol–water partition coefficient (Wildman–Crippen LogP) is 2.75. The second-order valence-electron chi connectivity index (χ2n) is 5.29. The van der Waals surface area contributed by atoms with Gasteiger partial charge in [-0.05, 0) is 30.4 Å². The van der Waals surface area contributed by atoms with Gasteiger partial charge in [0.05, 0.1) is 12.7 Å². The number of nitriles is 1. The average Bonchev–Trinajstić information content (AvgIpc) is 2.90. The molecule has 1 aliphatic carbocycles. The quantitative estimate of drug-likeness (QED) is 0.837. The molecule has 0 spiro atoms. The number of aromatic nitrogens is 2. The lowest BCUT2D eigenvalue weighted by Crippen LogP contribution is -2.34. The van der Waals surface area contributed by atoms with Crippen molar-refractivity contribution in [1.82, 2.24) is 9.78 Å². The van der Waals surface area contributed by atoms with Gasteiger partial charge in [-0.15, -0.1) is 0 Å². The van der Waals surface area contributed by atoms with E-state index in [0.717, 1.165) is 19.4 Å². The minimum atomic E-state index is 0.367. The predicted molar refractivity (Wildman–Crippen MR) is 74.7 cm³/mol. The maximum Gasteiger partial charge on any atom is 0.162 e. The van der Waals surface area contributed by atoms with Crippen LogP contribution >= 0.6 is 0 Å². The first-order valence-corrected chi connectivity index (χ1v) is 6.92. The molecular weight excluding hydrogens is 250 g/mol. The molecule has 1 aromatic heterocycles. The standard InChI is InChI=1S/C16H17N3O/c17-10-15-6-7-19(18-15)11-14-8-16(9-14)20-12-13-4-2-1-3-5-13/h1-7,14,16H,8-9,11-12H2. The summed E-state index contributed by atoms with van der Waals surface area (Å²) in [6.45, 7) is 1.57. The number of nitrogens with zero attached hydrogens (tertiary/aromatic N) is 3. The van der Waals surface area contributed by atoms with Crippen LogP contribution in [0.4, 0.5) is 0 Å². The maximum absolute atomic E-state index is 8.73. The van der Waals surface area contributed by atoms with Crippen LogP contribution in [0.1, 0.15) is 24.1 Å². The number of hydrogen-bond donors (Lipinski definition) is 0. The second-order valence-corrected chi connectivity index (χ2v) is 5.29. The Morgan fingerprint density at radius 3 is 2.75 bits per heavy atom. The number of hydrogen-bond acceptors (Lipinski definition) is 3. The first-order chi connectivity index (χ1) is 9.83. The van der Waals surface area contributed by atoms with Crippen LogP contribution in [0.2, 0.25) is 0 Å². The van der Waals surface area contributed by atoms with E-state index in [9.17, 15) is 0 Å². The molecule has 1 aromatic carbocycles. The molecule has 0 N–H and O–H groups in total. The summed E-state index contributed by atoms with van der Waals surface area (Å²) in [6.07, 6.45) is 4.39. The molecule has 0 atom stereocenters. The van der Waals surface area contributed by atoms with E-state index in [1.807, 2.05) is 35.1 Å². The van der Waals surface area contributed by atoms with Gasteiger partial charge in [-0.25, -0.2) is 0 Å². The summed E-state index contributed by atoms with van der Waals surface area (Å²) in [4.78, 5) is 0. The molecule has 20 heavy (non-hydrogen) atoms. The van der Waals surface area contributed by atoms with Crippen molar-refractivity contribution in [2.75, 3.05) is 0 Å². The monoisotopic (exact) mass is 267 g/mol. The Bertz CT molecular complexity index is 594. The van der Waals surface area contributed by atoms with E-state index in [-0.39, 0.29) is 0 Å². The van der Waals surface area contributed by atoms with Crippen molar-refractivity contribution in [1.29, 1.82) is 5.26 Å². The van der Waals surface area contributed by atoms with Crippen molar-refractivity contribution in [2.45, 2.75) is 32.1 Å². The first-order valence-electron chi connectivity index (χ1n) is 6.92. The Hall–Kier alpha value is -2.12. The molecule has 2 aromatic rings. The lowest BCUT2D eigenvalue weighted by atomic mass is 9.82. The summed E-state index contributed by atoms with van der Waals surface area (Å²) in [7, 11) is 0. The van der Waals surface area contributed by atoms with Crippen LogP contribution in [0.25, 0.3) is 0 Å². The summed E-state index contributed by atoms with van der Waals surface area (Å²) in [5.74, 6) is 0.613. The van der Waals surface area contributed by atoms with Gasteiger partial charge in [-0.3, -0.25) is 4.68 Å². The van der Waals surface area contributed by atoms with Crippen LogP contribution in [-0.2, 0) is 17.9 Å². The molecule has 102 valence electrons. The maximum atomic E-state index is 8.73. The Labute approximate surface area is 118 Å². The molecule has 3 rings (SSSR count). The van der Waals surface area contributed by atoms with E-state index < -0.39 is 0 Å². The highest BCUT2D eigenvalue weighted by atomic mass is 16.5. The van der Waals surface area contributed by atoms with E-state index >= 15 is 0 Å². The van der Waals surface area contributed by atoms with E-state index in [1.54, 1.807) is 6.07 Å². The fourth-order valence-electron chi connectivity index (χ4n) is 2.54. The Balaban J connectivity index is 1.40. The van der Waals surface area contributed by atoms with Gasteiger partial charge < -0.3 is 4.74 Å². The molecule has 1 fully saturated rings.